The van der Waals surface area contributed by atoms with Crippen molar-refractivity contribution in [2.75, 3.05) is 18.9 Å². The van der Waals surface area contributed by atoms with Gasteiger partial charge < -0.3 is 4.74 Å². The number of benzene rings is 2. The summed E-state index contributed by atoms with van der Waals surface area (Å²) in [6, 6.07) is 10.7. The Balaban J connectivity index is 1.23. The van der Waals surface area contributed by atoms with Crippen molar-refractivity contribution in [3.8, 4) is 5.75 Å². The van der Waals surface area contributed by atoms with Crippen LogP contribution in [-0.4, -0.2) is 44.0 Å². The average molecular weight is 489 g/mol. The van der Waals surface area contributed by atoms with Gasteiger partial charge in [0.25, 0.3) is 11.8 Å². The van der Waals surface area contributed by atoms with Crippen LogP contribution in [-0.2, 0) is 10.0 Å². The summed E-state index contributed by atoms with van der Waals surface area (Å²) in [4.78, 5) is 26.0. The number of carbonyl (C=O) groups is 2. The average Bonchev–Trinajstić information content (AvgIpc) is 3.60. The minimum absolute atomic E-state index is 0.126. The molecule has 2 aromatic rings. The molecule has 34 heavy (non-hydrogen) atoms. The first-order valence-electron chi connectivity index (χ1n) is 11.6. The molecule has 0 aromatic heterocycles. The molecule has 1 atom stereocenters. The predicted octanol–water partition coefficient (Wildman–Crippen LogP) is 4.06. The summed E-state index contributed by atoms with van der Waals surface area (Å²) in [6.07, 6.45) is 3.58. The van der Waals surface area contributed by atoms with Crippen LogP contribution in [0.25, 0.3) is 0 Å². The van der Waals surface area contributed by atoms with E-state index in [2.05, 4.69) is 4.72 Å². The standard InChI is InChI=1S/C25H29FN2O5S/c1-17(19-10-7-11-22(23(19)26)33-16-18-12-13-18)27-34(31,32)15-6-2-5-14-28-24(29)20-8-3-4-9-21(20)25(28)30/h3-4,7-11,17-18,27H,2,5-6,12-16H2,1H3. The van der Waals surface area contributed by atoms with E-state index in [-0.39, 0.29) is 35.4 Å². The third-order valence-corrected chi connectivity index (χ3v) is 7.70. The topological polar surface area (TPSA) is 92.8 Å². The van der Waals surface area contributed by atoms with Gasteiger partial charge in [-0.15, -0.1) is 0 Å². The van der Waals surface area contributed by atoms with Crippen molar-refractivity contribution in [3.63, 3.8) is 0 Å². The van der Waals surface area contributed by atoms with Crippen LogP contribution in [0.2, 0.25) is 0 Å². The largest absolute Gasteiger partial charge is 0.490 e. The van der Waals surface area contributed by atoms with Crippen LogP contribution in [0.5, 0.6) is 5.75 Å². The Morgan fingerprint density at radius 3 is 2.35 bits per heavy atom. The molecule has 9 heteroatoms. The number of carbonyl (C=O) groups excluding carboxylic acids is 2. The molecule has 1 aliphatic carbocycles. The van der Waals surface area contributed by atoms with Gasteiger partial charge in [0, 0.05) is 18.2 Å². The molecule has 1 aliphatic heterocycles. The number of amides is 2. The molecule has 2 aromatic carbocycles. The highest BCUT2D eigenvalue weighted by atomic mass is 32.2. The Bertz CT molecular complexity index is 1140. The first-order chi connectivity index (χ1) is 16.3. The van der Waals surface area contributed by atoms with Gasteiger partial charge in [-0.2, -0.15) is 0 Å². The molecule has 1 unspecified atom stereocenters. The van der Waals surface area contributed by atoms with E-state index in [0.29, 0.717) is 42.9 Å². The van der Waals surface area contributed by atoms with E-state index in [1.54, 1.807) is 49.4 Å². The molecule has 182 valence electrons. The molecular weight excluding hydrogens is 459 g/mol. The monoisotopic (exact) mass is 488 g/mol. The summed E-state index contributed by atoms with van der Waals surface area (Å²) >= 11 is 0. The van der Waals surface area contributed by atoms with E-state index in [0.717, 1.165) is 12.8 Å². The smallest absolute Gasteiger partial charge is 0.261 e. The molecule has 2 amide bonds. The lowest BCUT2D eigenvalue weighted by atomic mass is 10.1. The Kier molecular flexibility index (Phi) is 7.33. The molecule has 1 fully saturated rings. The Labute approximate surface area is 199 Å². The fraction of sp³-hybridized carbons (Fsp3) is 0.440. The number of rotatable bonds is 12. The summed E-state index contributed by atoms with van der Waals surface area (Å²) in [6.45, 7) is 2.32. The van der Waals surface area contributed by atoms with Crippen molar-refractivity contribution < 1.29 is 27.1 Å². The SMILES string of the molecule is CC(NS(=O)(=O)CCCCCN1C(=O)c2ccccc2C1=O)c1cccc(OCC2CC2)c1F. The summed E-state index contributed by atoms with van der Waals surface area (Å²) in [7, 11) is -3.64. The lowest BCUT2D eigenvalue weighted by Gasteiger charge is -2.17. The Hall–Kier alpha value is -2.78. The molecule has 1 saturated carbocycles. The highest BCUT2D eigenvalue weighted by Crippen LogP contribution is 2.31. The van der Waals surface area contributed by atoms with Crippen LogP contribution in [0.3, 0.4) is 0 Å². The van der Waals surface area contributed by atoms with E-state index >= 15 is 0 Å². The normalized spacial score (nSPS) is 16.6. The van der Waals surface area contributed by atoms with Gasteiger partial charge in [0.15, 0.2) is 11.6 Å². The van der Waals surface area contributed by atoms with Gasteiger partial charge in [-0.25, -0.2) is 17.5 Å². The van der Waals surface area contributed by atoms with E-state index in [1.165, 1.54) is 4.90 Å². The number of nitrogens with one attached hydrogen (secondary N) is 1. The number of fused-ring (bicyclic) bond motifs is 1. The van der Waals surface area contributed by atoms with Gasteiger partial charge in [0.2, 0.25) is 10.0 Å². The van der Waals surface area contributed by atoms with Crippen molar-refractivity contribution >= 4 is 21.8 Å². The lowest BCUT2D eigenvalue weighted by Crippen LogP contribution is -2.31. The number of sulfonamides is 1. The zero-order valence-corrected chi connectivity index (χ0v) is 19.9. The van der Waals surface area contributed by atoms with Crippen LogP contribution in [0, 0.1) is 11.7 Å². The van der Waals surface area contributed by atoms with Crippen molar-refractivity contribution in [2.24, 2.45) is 5.92 Å². The van der Waals surface area contributed by atoms with Gasteiger partial charge in [0.05, 0.1) is 23.5 Å². The third kappa shape index (κ3) is 5.64. The number of halogens is 1. The quantitative estimate of drug-likeness (QED) is 0.359. The lowest BCUT2D eigenvalue weighted by molar-refractivity contribution is 0.0651. The van der Waals surface area contributed by atoms with Gasteiger partial charge in [-0.3, -0.25) is 14.5 Å². The molecule has 4 rings (SSSR count). The maximum absolute atomic E-state index is 14.8. The number of unbranched alkanes of at least 4 members (excludes halogenated alkanes) is 2. The minimum atomic E-state index is -3.64. The summed E-state index contributed by atoms with van der Waals surface area (Å²) in [5, 5.41) is 0. The Morgan fingerprint density at radius 2 is 1.71 bits per heavy atom. The van der Waals surface area contributed by atoms with Crippen LogP contribution in [0.1, 0.15) is 71.3 Å². The van der Waals surface area contributed by atoms with Crippen LogP contribution in [0.15, 0.2) is 42.5 Å². The molecule has 1 heterocycles. The second-order valence-electron chi connectivity index (χ2n) is 8.94. The molecule has 0 saturated heterocycles. The number of ether oxygens (including phenoxy) is 1. The molecule has 0 bridgehead atoms. The second-order valence-corrected chi connectivity index (χ2v) is 10.8. The second kappa shape index (κ2) is 10.2. The van der Waals surface area contributed by atoms with Crippen molar-refractivity contribution in [2.45, 2.75) is 45.1 Å². The summed E-state index contributed by atoms with van der Waals surface area (Å²) < 4.78 is 47.9. The van der Waals surface area contributed by atoms with Gasteiger partial charge in [-0.05, 0) is 56.7 Å². The summed E-state index contributed by atoms with van der Waals surface area (Å²) in [5.74, 6) is -0.666. The minimum Gasteiger partial charge on any atom is -0.490 e. The zero-order valence-electron chi connectivity index (χ0n) is 19.1. The Morgan fingerprint density at radius 1 is 1.03 bits per heavy atom. The fourth-order valence-electron chi connectivity index (χ4n) is 4.04. The van der Waals surface area contributed by atoms with E-state index in [9.17, 15) is 22.4 Å². The zero-order chi connectivity index (χ0) is 24.3. The molecular formula is C25H29FN2O5S. The van der Waals surface area contributed by atoms with Gasteiger partial charge >= 0.3 is 0 Å². The first-order valence-corrected chi connectivity index (χ1v) is 13.3. The third-order valence-electron chi connectivity index (χ3n) is 6.16. The van der Waals surface area contributed by atoms with Crippen LogP contribution >= 0.6 is 0 Å². The molecule has 2 aliphatic rings. The maximum atomic E-state index is 14.8. The number of nitrogens with zero attached hydrogens (tertiary/aromatic N) is 1. The number of imide groups is 1. The van der Waals surface area contributed by atoms with E-state index < -0.39 is 21.9 Å². The van der Waals surface area contributed by atoms with Crippen LogP contribution < -0.4 is 9.46 Å². The molecule has 7 nitrogen and oxygen atoms in total. The first kappa shape index (κ1) is 24.3. The number of hydrogen-bond donors (Lipinski definition) is 1. The van der Waals surface area contributed by atoms with Crippen LogP contribution in [0.4, 0.5) is 4.39 Å². The fourth-order valence-corrected chi connectivity index (χ4v) is 5.41. The van der Waals surface area contributed by atoms with Gasteiger partial charge in [0.1, 0.15) is 0 Å². The molecule has 0 radical (unpaired) electrons. The van der Waals surface area contributed by atoms with Crippen molar-refractivity contribution in [1.29, 1.82) is 0 Å². The van der Waals surface area contributed by atoms with Crippen molar-refractivity contribution in [3.05, 3.63) is 65.0 Å². The number of hydrogen-bond acceptors (Lipinski definition) is 5. The molecule has 0 spiro atoms. The maximum Gasteiger partial charge on any atom is 0.261 e. The summed E-state index contributed by atoms with van der Waals surface area (Å²) in [5.41, 5.74) is 1.05. The highest BCUT2D eigenvalue weighted by molar-refractivity contribution is 7.89. The molecule has 1 N–H and O–H groups in total. The van der Waals surface area contributed by atoms with Gasteiger partial charge in [-0.1, -0.05) is 30.7 Å². The van der Waals surface area contributed by atoms with Crippen molar-refractivity contribution in [1.82, 2.24) is 9.62 Å². The predicted molar refractivity (Wildman–Crippen MR) is 126 cm³/mol. The highest BCUT2D eigenvalue weighted by Gasteiger charge is 2.34. The van der Waals surface area contributed by atoms with E-state index in [1.807, 2.05) is 0 Å². The van der Waals surface area contributed by atoms with E-state index in [4.69, 9.17) is 4.74 Å².